The normalized spacial score (nSPS) is 20.0. The Bertz CT molecular complexity index is 586. The van der Waals surface area contributed by atoms with Crippen molar-refractivity contribution in [2.75, 3.05) is 20.1 Å². The third kappa shape index (κ3) is 4.94. The van der Waals surface area contributed by atoms with E-state index in [2.05, 4.69) is 5.32 Å². The summed E-state index contributed by atoms with van der Waals surface area (Å²) in [7, 11) is 1.03. The fourth-order valence-electron chi connectivity index (χ4n) is 2.35. The van der Waals surface area contributed by atoms with Crippen molar-refractivity contribution in [3.05, 3.63) is 35.6 Å². The summed E-state index contributed by atoms with van der Waals surface area (Å²) in [5.41, 5.74) is 0.826. The van der Waals surface area contributed by atoms with Crippen molar-refractivity contribution in [3.63, 3.8) is 0 Å². The number of hydrogen-bond acceptors (Lipinski definition) is 2. The highest BCUT2D eigenvalue weighted by Crippen LogP contribution is 2.47. The van der Waals surface area contributed by atoms with Crippen molar-refractivity contribution < 1.29 is 27.2 Å². The quantitative estimate of drug-likeness (QED) is 0.839. The number of halogens is 4. The van der Waals surface area contributed by atoms with E-state index in [1.165, 1.54) is 12.1 Å². The third-order valence-corrected chi connectivity index (χ3v) is 3.68. The van der Waals surface area contributed by atoms with Gasteiger partial charge in [-0.3, -0.25) is 9.59 Å². The maximum absolute atomic E-state index is 12.8. The maximum atomic E-state index is 12.8. The average molecular weight is 332 g/mol. The van der Waals surface area contributed by atoms with Crippen LogP contribution < -0.4 is 5.32 Å². The lowest BCUT2D eigenvalue weighted by Gasteiger charge is -2.19. The zero-order valence-corrected chi connectivity index (χ0v) is 12.4. The molecule has 2 unspecified atom stereocenters. The highest BCUT2D eigenvalue weighted by molar-refractivity contribution is 5.87. The number of nitrogens with zero attached hydrogens (tertiary/aromatic N) is 1. The number of hydrogen-bond donors (Lipinski definition) is 1. The van der Waals surface area contributed by atoms with E-state index in [9.17, 15) is 27.2 Å². The van der Waals surface area contributed by atoms with Crippen LogP contribution in [0, 0.1) is 11.7 Å². The Labute approximate surface area is 130 Å². The van der Waals surface area contributed by atoms with Crippen LogP contribution in [-0.4, -0.2) is 43.0 Å². The van der Waals surface area contributed by atoms with Crippen LogP contribution in [0.5, 0.6) is 0 Å². The Morgan fingerprint density at radius 3 is 2.43 bits per heavy atom. The average Bonchev–Trinajstić information content (AvgIpc) is 3.23. The second kappa shape index (κ2) is 6.55. The Hall–Kier alpha value is -2.12. The van der Waals surface area contributed by atoms with Gasteiger partial charge in [0.2, 0.25) is 11.8 Å². The van der Waals surface area contributed by atoms with Crippen LogP contribution >= 0.6 is 0 Å². The Balaban J connectivity index is 1.78. The first-order chi connectivity index (χ1) is 10.7. The second-order valence-electron chi connectivity index (χ2n) is 5.58. The van der Waals surface area contributed by atoms with Crippen LogP contribution in [0.25, 0.3) is 0 Å². The molecule has 1 aromatic rings. The van der Waals surface area contributed by atoms with E-state index in [0.29, 0.717) is 11.3 Å². The molecule has 8 heteroatoms. The molecule has 23 heavy (non-hydrogen) atoms. The molecule has 0 aromatic heterocycles. The van der Waals surface area contributed by atoms with E-state index in [-0.39, 0.29) is 23.6 Å². The van der Waals surface area contributed by atoms with Gasteiger partial charge in [-0.25, -0.2) is 4.39 Å². The Kier molecular flexibility index (Phi) is 4.91. The summed E-state index contributed by atoms with van der Waals surface area (Å²) in [5, 5.41) is 2.35. The van der Waals surface area contributed by atoms with Gasteiger partial charge in [0.05, 0.1) is 6.54 Å². The first-order valence-corrected chi connectivity index (χ1v) is 7.01. The summed E-state index contributed by atoms with van der Waals surface area (Å²) >= 11 is 0. The number of benzene rings is 1. The first-order valence-electron chi connectivity index (χ1n) is 7.01. The predicted molar refractivity (Wildman–Crippen MR) is 73.9 cm³/mol. The summed E-state index contributed by atoms with van der Waals surface area (Å²) in [4.78, 5) is 23.9. The van der Waals surface area contributed by atoms with Gasteiger partial charge < -0.3 is 10.2 Å². The molecule has 1 aliphatic carbocycles. The largest absolute Gasteiger partial charge is 0.406 e. The van der Waals surface area contributed by atoms with Gasteiger partial charge in [-0.2, -0.15) is 13.2 Å². The molecule has 0 spiro atoms. The van der Waals surface area contributed by atoms with Crippen LogP contribution in [-0.2, 0) is 9.59 Å². The number of nitrogens with one attached hydrogen (secondary N) is 1. The van der Waals surface area contributed by atoms with Crippen molar-refractivity contribution in [1.82, 2.24) is 10.2 Å². The Morgan fingerprint density at radius 2 is 1.87 bits per heavy atom. The van der Waals surface area contributed by atoms with Crippen molar-refractivity contribution >= 4 is 11.8 Å². The highest BCUT2D eigenvalue weighted by Gasteiger charge is 2.44. The summed E-state index contributed by atoms with van der Waals surface area (Å²) in [6.45, 7) is -1.83. The van der Waals surface area contributed by atoms with Crippen molar-refractivity contribution in [3.8, 4) is 0 Å². The molecule has 0 bridgehead atoms. The number of rotatable bonds is 5. The fraction of sp³-hybridized carbons (Fsp3) is 0.467. The summed E-state index contributed by atoms with van der Waals surface area (Å²) in [6, 6.07) is 5.79. The highest BCUT2D eigenvalue weighted by atomic mass is 19.4. The number of amides is 2. The van der Waals surface area contributed by atoms with Crippen LogP contribution in [0.2, 0.25) is 0 Å². The van der Waals surface area contributed by atoms with Gasteiger partial charge in [-0.15, -0.1) is 0 Å². The van der Waals surface area contributed by atoms with Crippen LogP contribution in [0.15, 0.2) is 24.3 Å². The monoisotopic (exact) mass is 332 g/mol. The predicted octanol–water partition coefficient (Wildman–Crippen LogP) is 2.07. The number of alkyl halides is 3. The van der Waals surface area contributed by atoms with E-state index < -0.39 is 25.2 Å². The van der Waals surface area contributed by atoms with Gasteiger partial charge in [0.15, 0.2) is 0 Å². The molecule has 0 radical (unpaired) electrons. The third-order valence-electron chi connectivity index (χ3n) is 3.68. The van der Waals surface area contributed by atoms with Gasteiger partial charge >= 0.3 is 6.18 Å². The standard InChI is InChI=1S/C15H16F4N2O2/c1-21(8-15(17,18)19)13(22)7-20-14(23)12-6-11(12)9-2-4-10(16)5-3-9/h2-5,11-12H,6-8H2,1H3,(H,20,23). The molecule has 0 heterocycles. The second-order valence-corrected chi connectivity index (χ2v) is 5.58. The molecule has 1 aliphatic rings. The molecule has 2 atom stereocenters. The van der Waals surface area contributed by atoms with E-state index in [1.54, 1.807) is 12.1 Å². The fourth-order valence-corrected chi connectivity index (χ4v) is 2.35. The molecule has 0 aliphatic heterocycles. The van der Waals surface area contributed by atoms with Gasteiger partial charge in [-0.1, -0.05) is 12.1 Å². The minimum absolute atomic E-state index is 0.0430. The van der Waals surface area contributed by atoms with Gasteiger partial charge in [0.25, 0.3) is 0 Å². The summed E-state index contributed by atoms with van der Waals surface area (Å²) in [5.74, 6) is -1.93. The van der Waals surface area contributed by atoms with Gasteiger partial charge in [-0.05, 0) is 30.0 Å². The van der Waals surface area contributed by atoms with E-state index in [0.717, 1.165) is 12.6 Å². The molecule has 4 nitrogen and oxygen atoms in total. The van der Waals surface area contributed by atoms with Crippen LogP contribution in [0.1, 0.15) is 17.9 Å². The topological polar surface area (TPSA) is 49.4 Å². The summed E-state index contributed by atoms with van der Waals surface area (Å²) in [6.07, 6.45) is -3.90. The molecule has 0 saturated heterocycles. The first kappa shape index (κ1) is 17.2. The maximum Gasteiger partial charge on any atom is 0.406 e. The lowest BCUT2D eigenvalue weighted by molar-refractivity contribution is -0.158. The Morgan fingerprint density at radius 1 is 1.26 bits per heavy atom. The summed E-state index contributed by atoms with van der Waals surface area (Å²) < 4.78 is 49.3. The van der Waals surface area contributed by atoms with Crippen LogP contribution in [0.4, 0.5) is 17.6 Å². The van der Waals surface area contributed by atoms with Crippen LogP contribution in [0.3, 0.4) is 0 Å². The molecular weight excluding hydrogens is 316 g/mol. The molecule has 2 rings (SSSR count). The SMILES string of the molecule is CN(CC(F)(F)F)C(=O)CNC(=O)C1CC1c1ccc(F)cc1. The smallest absolute Gasteiger partial charge is 0.347 e. The number of likely N-dealkylation sites (N-methyl/N-ethyl adjacent to an activating group) is 1. The number of carbonyl (C=O) groups excluding carboxylic acids is 2. The molecule has 1 N–H and O–H groups in total. The van der Waals surface area contributed by atoms with Crippen molar-refractivity contribution in [2.24, 2.45) is 5.92 Å². The van der Waals surface area contributed by atoms with E-state index in [4.69, 9.17) is 0 Å². The van der Waals surface area contributed by atoms with Crippen molar-refractivity contribution in [1.29, 1.82) is 0 Å². The molecule has 126 valence electrons. The molecule has 1 fully saturated rings. The lowest BCUT2D eigenvalue weighted by Crippen LogP contribution is -2.42. The minimum Gasteiger partial charge on any atom is -0.347 e. The van der Waals surface area contributed by atoms with Gasteiger partial charge in [0.1, 0.15) is 12.4 Å². The molecule has 1 saturated carbocycles. The minimum atomic E-state index is -4.47. The zero-order valence-electron chi connectivity index (χ0n) is 12.4. The number of carbonyl (C=O) groups is 2. The molecule has 2 amide bonds. The molecular formula is C15H16F4N2O2. The van der Waals surface area contributed by atoms with Gasteiger partial charge in [0, 0.05) is 13.0 Å². The molecule has 1 aromatic carbocycles. The van der Waals surface area contributed by atoms with E-state index >= 15 is 0 Å². The van der Waals surface area contributed by atoms with E-state index in [1.807, 2.05) is 0 Å². The lowest BCUT2D eigenvalue weighted by atomic mass is 10.1. The van der Waals surface area contributed by atoms with Crippen molar-refractivity contribution in [2.45, 2.75) is 18.5 Å². The zero-order chi connectivity index (χ0) is 17.2.